The third-order valence-corrected chi connectivity index (χ3v) is 3.37. The Morgan fingerprint density at radius 1 is 1.23 bits per heavy atom. The molecule has 1 aliphatic heterocycles. The van der Waals surface area contributed by atoms with E-state index in [2.05, 4.69) is 10.6 Å². The van der Waals surface area contributed by atoms with Gasteiger partial charge in [0.25, 0.3) is 0 Å². The topological polar surface area (TPSA) is 93.5 Å². The van der Waals surface area contributed by atoms with Crippen LogP contribution >= 0.6 is 12.4 Å². The van der Waals surface area contributed by atoms with Crippen LogP contribution in [0.5, 0.6) is 0 Å². The quantitative estimate of drug-likeness (QED) is 0.761. The number of carbonyl (C=O) groups excluding carboxylic acids is 2. The third-order valence-electron chi connectivity index (χ3n) is 3.37. The van der Waals surface area contributed by atoms with E-state index >= 15 is 0 Å². The summed E-state index contributed by atoms with van der Waals surface area (Å²) in [6, 6.07) is 5.37. The highest BCUT2D eigenvalue weighted by Gasteiger charge is 2.35. The minimum Gasteiger partial charge on any atom is -0.381 e. The maximum absolute atomic E-state index is 12.7. The SMILES string of the molecule is Cl.NC1(C(=O)NCC(=O)Nc2ccc(F)cc2)CCOCC1. The van der Waals surface area contributed by atoms with Gasteiger partial charge in [-0.25, -0.2) is 4.39 Å². The Hall–Kier alpha value is -1.70. The van der Waals surface area contributed by atoms with Crippen molar-refractivity contribution in [2.75, 3.05) is 25.1 Å². The lowest BCUT2D eigenvalue weighted by molar-refractivity contribution is -0.131. The number of rotatable bonds is 4. The van der Waals surface area contributed by atoms with Crippen LogP contribution in [0.2, 0.25) is 0 Å². The number of nitrogens with two attached hydrogens (primary N) is 1. The second kappa shape index (κ2) is 8.07. The average Bonchev–Trinajstić information content (AvgIpc) is 2.48. The van der Waals surface area contributed by atoms with Gasteiger partial charge >= 0.3 is 0 Å². The van der Waals surface area contributed by atoms with Crippen LogP contribution in [-0.2, 0) is 14.3 Å². The lowest BCUT2D eigenvalue weighted by atomic mass is 9.90. The summed E-state index contributed by atoms with van der Waals surface area (Å²) in [5, 5.41) is 5.07. The summed E-state index contributed by atoms with van der Waals surface area (Å²) >= 11 is 0. The fraction of sp³-hybridized carbons (Fsp3) is 0.429. The van der Waals surface area contributed by atoms with E-state index < -0.39 is 11.4 Å². The largest absolute Gasteiger partial charge is 0.381 e. The molecule has 1 heterocycles. The molecule has 4 N–H and O–H groups in total. The lowest BCUT2D eigenvalue weighted by Crippen LogP contribution is -2.57. The van der Waals surface area contributed by atoms with E-state index in [0.717, 1.165) is 0 Å². The number of carbonyl (C=O) groups is 2. The monoisotopic (exact) mass is 331 g/mol. The van der Waals surface area contributed by atoms with E-state index in [1.807, 2.05) is 0 Å². The molecule has 1 saturated heterocycles. The first kappa shape index (κ1) is 18.3. The highest BCUT2D eigenvalue weighted by molar-refractivity contribution is 5.96. The molecule has 22 heavy (non-hydrogen) atoms. The van der Waals surface area contributed by atoms with Crippen molar-refractivity contribution in [1.82, 2.24) is 5.32 Å². The van der Waals surface area contributed by atoms with Crippen molar-refractivity contribution in [1.29, 1.82) is 0 Å². The number of halogens is 2. The molecule has 0 saturated carbocycles. The van der Waals surface area contributed by atoms with Crippen LogP contribution in [-0.4, -0.2) is 37.1 Å². The molecule has 0 spiro atoms. The van der Waals surface area contributed by atoms with Crippen LogP contribution in [0.15, 0.2) is 24.3 Å². The minimum atomic E-state index is -0.978. The van der Waals surface area contributed by atoms with Gasteiger partial charge in [0, 0.05) is 18.9 Å². The summed E-state index contributed by atoms with van der Waals surface area (Å²) in [6.45, 7) is 0.688. The normalized spacial score (nSPS) is 16.3. The second-order valence-electron chi connectivity index (χ2n) is 5.01. The average molecular weight is 332 g/mol. The Morgan fingerprint density at radius 3 is 2.41 bits per heavy atom. The molecule has 0 bridgehead atoms. The van der Waals surface area contributed by atoms with Gasteiger partial charge in [0.15, 0.2) is 0 Å². The molecule has 0 radical (unpaired) electrons. The lowest BCUT2D eigenvalue weighted by Gasteiger charge is -2.31. The summed E-state index contributed by atoms with van der Waals surface area (Å²) < 4.78 is 17.9. The van der Waals surface area contributed by atoms with Crippen molar-refractivity contribution in [3.63, 3.8) is 0 Å². The molecular weight excluding hydrogens is 313 g/mol. The Bertz CT molecular complexity index is 519. The fourth-order valence-corrected chi connectivity index (χ4v) is 2.04. The first-order valence-electron chi connectivity index (χ1n) is 6.70. The van der Waals surface area contributed by atoms with Crippen molar-refractivity contribution in [2.24, 2.45) is 5.73 Å². The van der Waals surface area contributed by atoms with Gasteiger partial charge in [0.05, 0.1) is 12.1 Å². The van der Waals surface area contributed by atoms with Crippen molar-refractivity contribution < 1.29 is 18.7 Å². The number of nitrogens with one attached hydrogen (secondary N) is 2. The number of benzene rings is 1. The van der Waals surface area contributed by atoms with E-state index in [1.54, 1.807) is 0 Å². The molecule has 0 aromatic heterocycles. The number of hydrogen-bond donors (Lipinski definition) is 3. The Balaban J connectivity index is 0.00000242. The van der Waals surface area contributed by atoms with Crippen LogP contribution in [0.3, 0.4) is 0 Å². The summed E-state index contributed by atoms with van der Waals surface area (Å²) in [4.78, 5) is 23.7. The minimum absolute atomic E-state index is 0. The van der Waals surface area contributed by atoms with Gasteiger partial charge in [-0.15, -0.1) is 12.4 Å². The maximum Gasteiger partial charge on any atom is 0.243 e. The van der Waals surface area contributed by atoms with Gasteiger partial charge in [-0.3, -0.25) is 9.59 Å². The van der Waals surface area contributed by atoms with Crippen LogP contribution in [0.1, 0.15) is 12.8 Å². The standard InChI is InChI=1S/C14H18FN3O3.ClH/c15-10-1-3-11(4-2-10)18-12(19)9-17-13(20)14(16)5-7-21-8-6-14;/h1-4H,5-9,16H2,(H,17,20)(H,18,19);1H. The zero-order valence-corrected chi connectivity index (χ0v) is 12.7. The first-order chi connectivity index (χ1) is 9.99. The molecule has 0 aliphatic carbocycles. The van der Waals surface area contributed by atoms with E-state index in [-0.39, 0.29) is 30.7 Å². The van der Waals surface area contributed by atoms with Gasteiger partial charge in [0.1, 0.15) is 5.82 Å². The molecule has 1 fully saturated rings. The zero-order chi connectivity index (χ0) is 15.3. The molecule has 0 unspecified atom stereocenters. The molecule has 1 aliphatic rings. The Morgan fingerprint density at radius 2 is 1.82 bits per heavy atom. The summed E-state index contributed by atoms with van der Waals surface area (Å²) in [6.07, 6.45) is 0.858. The summed E-state index contributed by atoms with van der Waals surface area (Å²) in [7, 11) is 0. The number of hydrogen-bond acceptors (Lipinski definition) is 4. The fourth-order valence-electron chi connectivity index (χ4n) is 2.04. The number of anilines is 1. The third kappa shape index (κ3) is 4.94. The van der Waals surface area contributed by atoms with Crippen molar-refractivity contribution in [2.45, 2.75) is 18.4 Å². The van der Waals surface area contributed by atoms with E-state index in [9.17, 15) is 14.0 Å². The highest BCUT2D eigenvalue weighted by atomic mass is 35.5. The maximum atomic E-state index is 12.7. The molecule has 1 aromatic rings. The first-order valence-corrected chi connectivity index (χ1v) is 6.70. The molecule has 8 heteroatoms. The predicted octanol–water partition coefficient (Wildman–Crippen LogP) is 0.810. The van der Waals surface area contributed by atoms with Gasteiger partial charge < -0.3 is 21.1 Å². The molecule has 122 valence electrons. The van der Waals surface area contributed by atoms with E-state index in [1.165, 1.54) is 24.3 Å². The van der Waals surface area contributed by atoms with Gasteiger partial charge in [0.2, 0.25) is 11.8 Å². The molecule has 0 atom stereocenters. The highest BCUT2D eigenvalue weighted by Crippen LogP contribution is 2.17. The number of ether oxygens (including phenoxy) is 1. The summed E-state index contributed by atoms with van der Waals surface area (Å²) in [5.74, 6) is -1.14. The van der Waals surface area contributed by atoms with Gasteiger partial charge in [-0.2, -0.15) is 0 Å². The predicted molar refractivity (Wildman–Crippen MR) is 82.3 cm³/mol. The van der Waals surface area contributed by atoms with Crippen LogP contribution in [0.4, 0.5) is 10.1 Å². The Labute approximate surface area is 134 Å². The van der Waals surface area contributed by atoms with Crippen molar-refractivity contribution in [3.05, 3.63) is 30.1 Å². The van der Waals surface area contributed by atoms with Crippen molar-refractivity contribution in [3.8, 4) is 0 Å². The molecule has 6 nitrogen and oxygen atoms in total. The molecule has 1 aromatic carbocycles. The Kier molecular flexibility index (Phi) is 6.73. The van der Waals surface area contributed by atoms with Gasteiger partial charge in [-0.05, 0) is 37.1 Å². The smallest absolute Gasteiger partial charge is 0.243 e. The molecule has 2 amide bonds. The number of amides is 2. The van der Waals surface area contributed by atoms with Crippen molar-refractivity contribution >= 4 is 29.9 Å². The van der Waals surface area contributed by atoms with Gasteiger partial charge in [-0.1, -0.05) is 0 Å². The zero-order valence-electron chi connectivity index (χ0n) is 11.9. The van der Waals surface area contributed by atoms with E-state index in [0.29, 0.717) is 31.7 Å². The second-order valence-corrected chi connectivity index (χ2v) is 5.01. The summed E-state index contributed by atoms with van der Waals surface area (Å²) in [5.41, 5.74) is 5.48. The van der Waals surface area contributed by atoms with Crippen LogP contribution < -0.4 is 16.4 Å². The molecule has 2 rings (SSSR count). The molecular formula is C14H19ClFN3O3. The van der Waals surface area contributed by atoms with E-state index in [4.69, 9.17) is 10.5 Å². The van der Waals surface area contributed by atoms with Crippen LogP contribution in [0, 0.1) is 5.82 Å². The van der Waals surface area contributed by atoms with Crippen LogP contribution in [0.25, 0.3) is 0 Å².